The quantitative estimate of drug-likeness (QED) is 0.305. The molecule has 3 rings (SSSR count). The Bertz CT molecular complexity index is 1440. The first-order chi connectivity index (χ1) is 19.5. The summed E-state index contributed by atoms with van der Waals surface area (Å²) >= 11 is 0. The van der Waals surface area contributed by atoms with E-state index < -0.39 is 28.5 Å². The number of amides is 2. The lowest BCUT2D eigenvalue weighted by molar-refractivity contribution is -0.140. The van der Waals surface area contributed by atoms with E-state index in [0.29, 0.717) is 24.4 Å². The number of ether oxygens (including phenoxy) is 1. The van der Waals surface area contributed by atoms with Crippen molar-refractivity contribution in [1.29, 1.82) is 0 Å². The van der Waals surface area contributed by atoms with Crippen molar-refractivity contribution in [1.82, 2.24) is 10.2 Å². The van der Waals surface area contributed by atoms with Crippen molar-refractivity contribution in [3.63, 3.8) is 0 Å². The molecule has 41 heavy (non-hydrogen) atoms. The molecule has 1 N–H and O–H groups in total. The fourth-order valence-corrected chi connectivity index (χ4v) is 5.87. The number of hydrogen-bond donors (Lipinski definition) is 1. The number of hydrogen-bond acceptors (Lipinski definition) is 5. The zero-order valence-electron chi connectivity index (χ0n) is 24.8. The highest BCUT2D eigenvalue weighted by Gasteiger charge is 2.33. The SMILES string of the molecule is CC[C@@H](C(=O)NCC(C)C)N(Cc1cccc(OC)c1)C(=O)CN(c1ccc(C)c(C)c1)S(=O)(=O)c1ccccc1. The molecule has 2 amide bonds. The van der Waals surface area contributed by atoms with Gasteiger partial charge in [-0.3, -0.25) is 13.9 Å². The second kappa shape index (κ2) is 14.2. The van der Waals surface area contributed by atoms with Crippen molar-refractivity contribution in [2.45, 2.75) is 58.5 Å². The molecule has 0 spiro atoms. The van der Waals surface area contributed by atoms with E-state index in [9.17, 15) is 18.0 Å². The number of benzene rings is 3. The number of rotatable bonds is 13. The van der Waals surface area contributed by atoms with Crippen LogP contribution in [0.3, 0.4) is 0 Å². The molecule has 220 valence electrons. The first-order valence-electron chi connectivity index (χ1n) is 13.8. The van der Waals surface area contributed by atoms with E-state index in [1.165, 1.54) is 17.0 Å². The van der Waals surface area contributed by atoms with Gasteiger partial charge in [0.1, 0.15) is 18.3 Å². The van der Waals surface area contributed by atoms with Crippen LogP contribution >= 0.6 is 0 Å². The molecule has 0 heterocycles. The number of carbonyl (C=O) groups excluding carboxylic acids is 2. The second-order valence-electron chi connectivity index (χ2n) is 10.5. The van der Waals surface area contributed by atoms with Crippen LogP contribution < -0.4 is 14.4 Å². The van der Waals surface area contributed by atoms with Crippen LogP contribution in [-0.4, -0.2) is 51.4 Å². The van der Waals surface area contributed by atoms with Crippen LogP contribution in [0.25, 0.3) is 0 Å². The molecule has 0 saturated heterocycles. The molecule has 3 aromatic carbocycles. The van der Waals surface area contributed by atoms with Crippen molar-refractivity contribution in [2.24, 2.45) is 5.92 Å². The molecule has 9 heteroatoms. The molecule has 0 unspecified atom stereocenters. The molecule has 0 saturated carbocycles. The van der Waals surface area contributed by atoms with Crippen LogP contribution in [0, 0.1) is 19.8 Å². The molecule has 0 aliphatic rings. The van der Waals surface area contributed by atoms with E-state index in [1.54, 1.807) is 49.6 Å². The zero-order valence-corrected chi connectivity index (χ0v) is 25.6. The van der Waals surface area contributed by atoms with E-state index in [2.05, 4.69) is 5.32 Å². The summed E-state index contributed by atoms with van der Waals surface area (Å²) in [6, 6.07) is 19.8. The highest BCUT2D eigenvalue weighted by Crippen LogP contribution is 2.27. The van der Waals surface area contributed by atoms with Gasteiger partial charge in [-0.25, -0.2) is 8.42 Å². The van der Waals surface area contributed by atoms with E-state index >= 15 is 0 Å². The average molecular weight is 580 g/mol. The first kappa shape index (κ1) is 31.7. The average Bonchev–Trinajstić information content (AvgIpc) is 2.96. The third-order valence-electron chi connectivity index (χ3n) is 6.95. The molecular formula is C32H41N3O5S. The zero-order chi connectivity index (χ0) is 30.2. The fraction of sp³-hybridized carbons (Fsp3) is 0.375. The van der Waals surface area contributed by atoms with Crippen molar-refractivity contribution in [3.8, 4) is 5.75 Å². The molecule has 0 radical (unpaired) electrons. The molecule has 0 aliphatic carbocycles. The lowest BCUT2D eigenvalue weighted by atomic mass is 10.1. The molecule has 3 aromatic rings. The van der Waals surface area contributed by atoms with Crippen LogP contribution in [0.1, 0.15) is 43.9 Å². The maximum absolute atomic E-state index is 14.2. The summed E-state index contributed by atoms with van der Waals surface area (Å²) in [7, 11) is -2.54. The molecule has 1 atom stereocenters. The first-order valence-corrected chi connectivity index (χ1v) is 15.3. The van der Waals surface area contributed by atoms with Crippen molar-refractivity contribution in [3.05, 3.63) is 89.5 Å². The summed E-state index contributed by atoms with van der Waals surface area (Å²) in [5.41, 5.74) is 3.04. The molecule has 0 bridgehead atoms. The Kier molecular flexibility index (Phi) is 10.9. The van der Waals surface area contributed by atoms with E-state index in [1.807, 2.05) is 52.8 Å². The number of sulfonamides is 1. The smallest absolute Gasteiger partial charge is 0.264 e. The van der Waals surface area contributed by atoms with Gasteiger partial charge >= 0.3 is 0 Å². The van der Waals surface area contributed by atoms with Gasteiger partial charge in [0.2, 0.25) is 11.8 Å². The number of aryl methyl sites for hydroxylation is 2. The maximum Gasteiger partial charge on any atom is 0.264 e. The van der Waals surface area contributed by atoms with Gasteiger partial charge in [-0.1, -0.05) is 57.2 Å². The topological polar surface area (TPSA) is 96.0 Å². The van der Waals surface area contributed by atoms with Crippen LogP contribution in [0.2, 0.25) is 0 Å². The van der Waals surface area contributed by atoms with E-state index in [4.69, 9.17) is 4.74 Å². The molecule has 8 nitrogen and oxygen atoms in total. The van der Waals surface area contributed by atoms with Crippen molar-refractivity contribution in [2.75, 3.05) is 24.5 Å². The predicted octanol–water partition coefficient (Wildman–Crippen LogP) is 5.09. The third-order valence-corrected chi connectivity index (χ3v) is 8.73. The van der Waals surface area contributed by atoms with Gasteiger partial charge in [0, 0.05) is 13.1 Å². The van der Waals surface area contributed by atoms with Crippen molar-refractivity contribution < 1.29 is 22.7 Å². The highest BCUT2D eigenvalue weighted by atomic mass is 32.2. The van der Waals surface area contributed by atoms with Crippen LogP contribution in [0.15, 0.2) is 77.7 Å². The fourth-order valence-electron chi connectivity index (χ4n) is 4.44. The largest absolute Gasteiger partial charge is 0.497 e. The lowest BCUT2D eigenvalue weighted by Gasteiger charge is -2.33. The monoisotopic (exact) mass is 579 g/mol. The number of anilines is 1. The van der Waals surface area contributed by atoms with Gasteiger partial charge in [-0.05, 0) is 79.3 Å². The minimum absolute atomic E-state index is 0.0760. The summed E-state index contributed by atoms with van der Waals surface area (Å²) in [5.74, 6) is 0.0871. The van der Waals surface area contributed by atoms with Crippen molar-refractivity contribution >= 4 is 27.5 Å². The van der Waals surface area contributed by atoms with E-state index in [0.717, 1.165) is 21.0 Å². The van der Waals surface area contributed by atoms with Crippen LogP contribution in [0.5, 0.6) is 5.75 Å². The number of nitrogens with one attached hydrogen (secondary N) is 1. The van der Waals surface area contributed by atoms with Crippen LogP contribution in [0.4, 0.5) is 5.69 Å². The minimum atomic E-state index is -4.10. The van der Waals surface area contributed by atoms with Crippen LogP contribution in [-0.2, 0) is 26.2 Å². The lowest BCUT2D eigenvalue weighted by Crippen LogP contribution is -2.52. The van der Waals surface area contributed by atoms with Gasteiger partial charge in [0.25, 0.3) is 10.0 Å². The Morgan fingerprint density at radius 2 is 1.63 bits per heavy atom. The number of carbonyl (C=O) groups is 2. The van der Waals surface area contributed by atoms with Gasteiger partial charge < -0.3 is 15.0 Å². The maximum atomic E-state index is 14.2. The van der Waals surface area contributed by atoms with Gasteiger partial charge in [0.15, 0.2) is 0 Å². The summed E-state index contributed by atoms with van der Waals surface area (Å²) < 4.78 is 34.4. The minimum Gasteiger partial charge on any atom is -0.497 e. The molecule has 0 aliphatic heterocycles. The molecule has 0 fully saturated rings. The number of nitrogens with zero attached hydrogens (tertiary/aromatic N) is 2. The Morgan fingerprint density at radius 1 is 0.927 bits per heavy atom. The normalized spacial score (nSPS) is 12.1. The second-order valence-corrected chi connectivity index (χ2v) is 12.4. The molecular weight excluding hydrogens is 538 g/mol. The van der Waals surface area contributed by atoms with Gasteiger partial charge in [0.05, 0.1) is 17.7 Å². The van der Waals surface area contributed by atoms with Gasteiger partial charge in [-0.15, -0.1) is 0 Å². The predicted molar refractivity (Wildman–Crippen MR) is 162 cm³/mol. The Labute approximate surface area is 244 Å². The summed E-state index contributed by atoms with van der Waals surface area (Å²) in [5, 5.41) is 2.94. The standard InChI is InChI=1S/C32H41N3O5S/c1-7-30(32(37)33-20-23(2)3)34(21-26-12-11-13-28(19-26)40-6)31(36)22-35(27-17-16-24(4)25(5)18-27)41(38,39)29-14-9-8-10-15-29/h8-19,23,30H,7,20-22H2,1-6H3,(H,33,37)/t30-/m0/s1. The van der Waals surface area contributed by atoms with E-state index in [-0.39, 0.29) is 23.3 Å². The molecule has 0 aromatic heterocycles. The highest BCUT2D eigenvalue weighted by molar-refractivity contribution is 7.92. The summed E-state index contributed by atoms with van der Waals surface area (Å²) in [6.45, 7) is 9.77. The number of methoxy groups -OCH3 is 1. The van der Waals surface area contributed by atoms with Gasteiger partial charge in [-0.2, -0.15) is 0 Å². The third kappa shape index (κ3) is 8.10. The Hall–Kier alpha value is -3.85. The summed E-state index contributed by atoms with van der Waals surface area (Å²) in [4.78, 5) is 29.0. The summed E-state index contributed by atoms with van der Waals surface area (Å²) in [6.07, 6.45) is 0.356. The Balaban J connectivity index is 2.07. The Morgan fingerprint density at radius 3 is 2.24 bits per heavy atom.